The number of nitrogens with zero attached hydrogens (tertiary/aromatic N) is 3. The Morgan fingerprint density at radius 2 is 1.87 bits per heavy atom. The van der Waals surface area contributed by atoms with Crippen LogP contribution in [0.15, 0.2) is 35.8 Å². The molecule has 0 saturated carbocycles. The van der Waals surface area contributed by atoms with Crippen molar-refractivity contribution < 1.29 is 4.74 Å². The number of benzene rings is 1. The van der Waals surface area contributed by atoms with Crippen LogP contribution in [0.4, 0.5) is 5.69 Å². The molecule has 2 heterocycles. The minimum Gasteiger partial charge on any atom is -0.378 e. The van der Waals surface area contributed by atoms with E-state index in [-0.39, 0.29) is 5.60 Å². The molecule has 0 amide bonds. The predicted octanol–water partition coefficient (Wildman–Crippen LogP) is 6.15. The van der Waals surface area contributed by atoms with Crippen LogP contribution in [0.25, 0.3) is 5.70 Å². The van der Waals surface area contributed by atoms with Crippen LogP contribution >= 0.6 is 0 Å². The third-order valence-corrected chi connectivity index (χ3v) is 7.54. The molecule has 31 heavy (non-hydrogen) atoms. The molecule has 1 aromatic rings. The van der Waals surface area contributed by atoms with E-state index in [1.807, 2.05) is 7.11 Å². The third-order valence-electron chi connectivity index (χ3n) is 7.54. The zero-order valence-corrected chi connectivity index (χ0v) is 20.1. The molecule has 0 bridgehead atoms. The van der Waals surface area contributed by atoms with Crippen molar-refractivity contribution in [3.8, 4) is 0 Å². The molecule has 1 aromatic carbocycles. The SMILES string of the molecule is C=C1c2ccccc2N=CCCN1CCC1CCN(CCC(CC)(CCC)OC)CC1. The molecule has 3 rings (SSSR count). The van der Waals surface area contributed by atoms with Gasteiger partial charge in [-0.2, -0.15) is 0 Å². The number of ether oxygens (including phenoxy) is 1. The third kappa shape index (κ3) is 6.43. The first-order valence-electron chi connectivity index (χ1n) is 12.4. The van der Waals surface area contributed by atoms with Gasteiger partial charge in [0, 0.05) is 50.6 Å². The highest BCUT2D eigenvalue weighted by Gasteiger charge is 2.28. The van der Waals surface area contributed by atoms with Gasteiger partial charge in [-0.25, -0.2) is 0 Å². The van der Waals surface area contributed by atoms with E-state index in [1.54, 1.807) is 0 Å². The quantitative estimate of drug-likeness (QED) is 0.450. The van der Waals surface area contributed by atoms with Gasteiger partial charge in [0.25, 0.3) is 0 Å². The summed E-state index contributed by atoms with van der Waals surface area (Å²) >= 11 is 0. The lowest BCUT2D eigenvalue weighted by Crippen LogP contribution is -2.40. The van der Waals surface area contributed by atoms with Gasteiger partial charge in [0.05, 0.1) is 11.3 Å². The molecule has 1 fully saturated rings. The molecule has 4 heteroatoms. The highest BCUT2D eigenvalue weighted by atomic mass is 16.5. The van der Waals surface area contributed by atoms with Gasteiger partial charge in [0.2, 0.25) is 0 Å². The summed E-state index contributed by atoms with van der Waals surface area (Å²) in [6.45, 7) is 14.7. The summed E-state index contributed by atoms with van der Waals surface area (Å²) in [5.74, 6) is 0.826. The number of fused-ring (bicyclic) bond motifs is 1. The zero-order valence-electron chi connectivity index (χ0n) is 20.1. The van der Waals surface area contributed by atoms with Gasteiger partial charge in [-0.1, -0.05) is 45.0 Å². The lowest BCUT2D eigenvalue weighted by molar-refractivity contribution is -0.0358. The van der Waals surface area contributed by atoms with Gasteiger partial charge < -0.3 is 14.5 Å². The van der Waals surface area contributed by atoms with Gasteiger partial charge in [0.15, 0.2) is 0 Å². The monoisotopic (exact) mass is 425 g/mol. The standard InChI is InChI=1S/C27H43N3O/c1-5-15-27(6-2,31-4)16-22-29-19-12-24(13-20-29)14-21-30-18-9-17-28-26-11-8-7-10-25(26)23(30)3/h7-8,10-11,17,24H,3,5-6,9,12-16,18-22H2,1-2,4H3. The van der Waals surface area contributed by atoms with Crippen LogP contribution < -0.4 is 0 Å². The molecule has 0 spiro atoms. The van der Waals surface area contributed by atoms with Gasteiger partial charge in [-0.05, 0) is 63.6 Å². The summed E-state index contributed by atoms with van der Waals surface area (Å²) in [5.41, 5.74) is 3.44. The minimum absolute atomic E-state index is 0.0804. The smallest absolute Gasteiger partial charge is 0.0718 e. The van der Waals surface area contributed by atoms with E-state index >= 15 is 0 Å². The highest BCUT2D eigenvalue weighted by Crippen LogP contribution is 2.31. The number of methoxy groups -OCH3 is 1. The summed E-state index contributed by atoms with van der Waals surface area (Å²) < 4.78 is 5.95. The fraction of sp³-hybridized carbons (Fsp3) is 0.667. The van der Waals surface area contributed by atoms with E-state index in [1.165, 1.54) is 57.3 Å². The Hall–Kier alpha value is -1.65. The summed E-state index contributed by atoms with van der Waals surface area (Å²) in [6.07, 6.45) is 11.6. The van der Waals surface area contributed by atoms with Crippen molar-refractivity contribution in [3.63, 3.8) is 0 Å². The normalized spacial score (nSPS) is 20.2. The molecule has 0 aliphatic carbocycles. The van der Waals surface area contributed by atoms with E-state index in [4.69, 9.17) is 4.74 Å². The summed E-state index contributed by atoms with van der Waals surface area (Å²) in [4.78, 5) is 9.77. The average molecular weight is 426 g/mol. The fourth-order valence-electron chi connectivity index (χ4n) is 5.24. The Morgan fingerprint density at radius 1 is 1.10 bits per heavy atom. The zero-order chi connectivity index (χ0) is 22.1. The van der Waals surface area contributed by atoms with Crippen molar-refractivity contribution in [2.45, 2.75) is 70.8 Å². The first-order chi connectivity index (χ1) is 15.1. The second-order valence-electron chi connectivity index (χ2n) is 9.37. The Labute approximate surface area is 190 Å². The van der Waals surface area contributed by atoms with Crippen LogP contribution in [0.1, 0.15) is 70.8 Å². The number of piperidine rings is 1. The van der Waals surface area contributed by atoms with Crippen molar-refractivity contribution in [3.05, 3.63) is 36.4 Å². The van der Waals surface area contributed by atoms with Crippen LogP contribution in [0.5, 0.6) is 0 Å². The van der Waals surface area contributed by atoms with Crippen molar-refractivity contribution in [2.75, 3.05) is 39.8 Å². The lowest BCUT2D eigenvalue weighted by Gasteiger charge is -2.37. The van der Waals surface area contributed by atoms with E-state index in [0.29, 0.717) is 0 Å². The van der Waals surface area contributed by atoms with Crippen molar-refractivity contribution in [1.29, 1.82) is 0 Å². The largest absolute Gasteiger partial charge is 0.378 e. The number of likely N-dealkylation sites (tertiary alicyclic amines) is 1. The second-order valence-corrected chi connectivity index (χ2v) is 9.37. The molecular weight excluding hydrogens is 382 g/mol. The molecule has 0 radical (unpaired) electrons. The molecule has 172 valence electrons. The summed E-state index contributed by atoms with van der Waals surface area (Å²) in [5, 5.41) is 0. The molecule has 2 aliphatic rings. The Balaban J connectivity index is 1.45. The summed E-state index contributed by atoms with van der Waals surface area (Å²) in [7, 11) is 1.90. The van der Waals surface area contributed by atoms with Gasteiger partial charge >= 0.3 is 0 Å². The topological polar surface area (TPSA) is 28.1 Å². The van der Waals surface area contributed by atoms with Gasteiger partial charge in [-0.3, -0.25) is 4.99 Å². The lowest BCUT2D eigenvalue weighted by atomic mass is 9.89. The molecule has 2 aliphatic heterocycles. The van der Waals surface area contributed by atoms with Crippen LogP contribution in [-0.4, -0.2) is 61.4 Å². The predicted molar refractivity (Wildman–Crippen MR) is 133 cm³/mol. The van der Waals surface area contributed by atoms with Crippen LogP contribution in [0.2, 0.25) is 0 Å². The number of hydrogen-bond donors (Lipinski definition) is 0. The molecule has 0 N–H and O–H groups in total. The van der Waals surface area contributed by atoms with Crippen LogP contribution in [0, 0.1) is 5.92 Å². The number of aliphatic imine (C=N–C) groups is 1. The van der Waals surface area contributed by atoms with Crippen molar-refractivity contribution in [1.82, 2.24) is 9.80 Å². The van der Waals surface area contributed by atoms with Crippen LogP contribution in [0.3, 0.4) is 0 Å². The van der Waals surface area contributed by atoms with Crippen molar-refractivity contribution >= 4 is 17.6 Å². The minimum atomic E-state index is 0.0804. The first kappa shape index (κ1) is 24.0. The Kier molecular flexibility index (Phi) is 9.15. The molecule has 4 nitrogen and oxygen atoms in total. The van der Waals surface area contributed by atoms with Crippen molar-refractivity contribution in [2.24, 2.45) is 10.9 Å². The summed E-state index contributed by atoms with van der Waals surface area (Å²) in [6, 6.07) is 8.39. The molecule has 1 unspecified atom stereocenters. The Morgan fingerprint density at radius 3 is 2.58 bits per heavy atom. The van der Waals surface area contributed by atoms with E-state index < -0.39 is 0 Å². The van der Waals surface area contributed by atoms with E-state index in [9.17, 15) is 0 Å². The van der Waals surface area contributed by atoms with Gasteiger partial charge in [-0.15, -0.1) is 0 Å². The van der Waals surface area contributed by atoms with E-state index in [2.05, 4.69) is 65.7 Å². The molecule has 1 saturated heterocycles. The average Bonchev–Trinajstić information content (AvgIpc) is 2.81. The van der Waals surface area contributed by atoms with Crippen LogP contribution in [-0.2, 0) is 4.74 Å². The maximum absolute atomic E-state index is 5.95. The van der Waals surface area contributed by atoms with E-state index in [0.717, 1.165) is 49.7 Å². The molecule has 0 aromatic heterocycles. The molecule has 1 atom stereocenters. The Bertz CT molecular complexity index is 717. The maximum Gasteiger partial charge on any atom is 0.0718 e. The fourth-order valence-corrected chi connectivity index (χ4v) is 5.24. The highest BCUT2D eigenvalue weighted by molar-refractivity contribution is 5.77. The molecular formula is C27H43N3O. The maximum atomic E-state index is 5.95. The number of para-hydroxylation sites is 1. The number of hydrogen-bond acceptors (Lipinski definition) is 4. The second kappa shape index (κ2) is 11.8. The van der Waals surface area contributed by atoms with Gasteiger partial charge in [0.1, 0.15) is 0 Å². The first-order valence-corrected chi connectivity index (χ1v) is 12.4. The number of rotatable bonds is 10.